The number of benzene rings is 2. The van der Waals surface area contributed by atoms with Crippen molar-refractivity contribution < 1.29 is 37.3 Å². The Morgan fingerprint density at radius 1 is 1.19 bits per heavy atom. The third kappa shape index (κ3) is 4.52. The normalized spacial score (nSPS) is 15.3. The lowest BCUT2D eigenvalue weighted by Crippen LogP contribution is -2.25. The van der Waals surface area contributed by atoms with Gasteiger partial charge in [0.25, 0.3) is 5.91 Å². The summed E-state index contributed by atoms with van der Waals surface area (Å²) in [5.41, 5.74) is -1.60. The van der Waals surface area contributed by atoms with Gasteiger partial charge in [-0.15, -0.1) is 0 Å². The maximum absolute atomic E-state index is 13.6. The Morgan fingerprint density at radius 2 is 1.87 bits per heavy atom. The Labute approximate surface area is 175 Å². The molecular formula is C21H17F3N2O5. The zero-order valence-electron chi connectivity index (χ0n) is 16.4. The number of amides is 1. The molecule has 0 saturated heterocycles. The number of rotatable bonds is 5. The van der Waals surface area contributed by atoms with Gasteiger partial charge in [0.1, 0.15) is 0 Å². The van der Waals surface area contributed by atoms with E-state index in [1.165, 1.54) is 49.6 Å². The number of hydrogen-bond donors (Lipinski definition) is 1. The van der Waals surface area contributed by atoms with E-state index in [1.807, 2.05) is 0 Å². The number of aromatic hydroxyl groups is 1. The molecule has 1 aliphatic rings. The summed E-state index contributed by atoms with van der Waals surface area (Å²) in [7, 11) is 1.29. The lowest BCUT2D eigenvalue weighted by atomic mass is 10.1. The zero-order chi connectivity index (χ0) is 22.8. The number of carbonyl (C=O) groups excluding carboxylic acids is 2. The van der Waals surface area contributed by atoms with Crippen molar-refractivity contribution in [1.82, 2.24) is 0 Å². The first-order valence-corrected chi connectivity index (χ1v) is 9.02. The Balaban J connectivity index is 1.99. The van der Waals surface area contributed by atoms with Gasteiger partial charge in [0.2, 0.25) is 0 Å². The van der Waals surface area contributed by atoms with Crippen molar-refractivity contribution in [3.8, 4) is 11.5 Å². The predicted molar refractivity (Wildman–Crippen MR) is 106 cm³/mol. The van der Waals surface area contributed by atoms with Crippen molar-refractivity contribution in [1.29, 1.82) is 0 Å². The number of halogens is 3. The van der Waals surface area contributed by atoms with Crippen LogP contribution in [-0.4, -0.2) is 42.6 Å². The summed E-state index contributed by atoms with van der Waals surface area (Å²) in [6.45, 7) is 1.81. The van der Waals surface area contributed by atoms with Gasteiger partial charge in [-0.2, -0.15) is 23.3 Å². The standard InChI is InChI=1S/C21H17F3N2O5/c1-3-31-20(29)13-5-7-14(8-6-13)26-19(28)15(18(25-26)21(22,23)24)10-12-4-9-16(27)17(11-12)30-2/h4-11,27H,3H2,1-2H3/b15-10-. The highest BCUT2D eigenvalue weighted by Gasteiger charge is 2.46. The minimum Gasteiger partial charge on any atom is -0.504 e. The largest absolute Gasteiger partial charge is 0.504 e. The number of hydrogen-bond acceptors (Lipinski definition) is 6. The van der Waals surface area contributed by atoms with E-state index < -0.39 is 29.3 Å². The number of ether oxygens (including phenoxy) is 2. The second-order valence-electron chi connectivity index (χ2n) is 6.32. The molecule has 0 fully saturated rings. The molecule has 0 bridgehead atoms. The molecule has 1 aliphatic heterocycles. The average Bonchev–Trinajstić information content (AvgIpc) is 3.06. The van der Waals surface area contributed by atoms with Crippen LogP contribution >= 0.6 is 0 Å². The average molecular weight is 434 g/mol. The van der Waals surface area contributed by atoms with Crippen LogP contribution in [0.25, 0.3) is 6.08 Å². The van der Waals surface area contributed by atoms with Crippen LogP contribution in [0.3, 0.4) is 0 Å². The first-order chi connectivity index (χ1) is 14.7. The monoisotopic (exact) mass is 434 g/mol. The molecule has 0 spiro atoms. The van der Waals surface area contributed by atoms with Crippen molar-refractivity contribution in [2.45, 2.75) is 13.1 Å². The van der Waals surface area contributed by atoms with E-state index in [9.17, 15) is 27.9 Å². The van der Waals surface area contributed by atoms with Crippen LogP contribution in [0.5, 0.6) is 11.5 Å². The van der Waals surface area contributed by atoms with Crippen LogP contribution in [0.2, 0.25) is 0 Å². The van der Waals surface area contributed by atoms with Crippen LogP contribution in [0.4, 0.5) is 18.9 Å². The van der Waals surface area contributed by atoms with E-state index in [2.05, 4.69) is 5.10 Å². The Bertz CT molecular complexity index is 1080. The number of hydrazone groups is 1. The van der Waals surface area contributed by atoms with Gasteiger partial charge in [-0.25, -0.2) is 4.79 Å². The number of esters is 1. The van der Waals surface area contributed by atoms with Crippen molar-refractivity contribution in [2.24, 2.45) is 5.10 Å². The zero-order valence-corrected chi connectivity index (χ0v) is 16.4. The molecule has 2 aromatic carbocycles. The predicted octanol–water partition coefficient (Wildman–Crippen LogP) is 3.93. The number of phenols is 1. The van der Waals surface area contributed by atoms with Crippen LogP contribution in [0.1, 0.15) is 22.8 Å². The molecule has 2 aromatic rings. The lowest BCUT2D eigenvalue weighted by Gasteiger charge is -2.12. The third-order valence-corrected chi connectivity index (χ3v) is 4.28. The summed E-state index contributed by atoms with van der Waals surface area (Å²) >= 11 is 0. The van der Waals surface area contributed by atoms with E-state index >= 15 is 0 Å². The lowest BCUT2D eigenvalue weighted by molar-refractivity contribution is -0.114. The summed E-state index contributed by atoms with van der Waals surface area (Å²) in [6.07, 6.45) is -3.87. The molecule has 0 aromatic heterocycles. The fraction of sp³-hybridized carbons (Fsp3) is 0.190. The van der Waals surface area contributed by atoms with Crippen LogP contribution in [-0.2, 0) is 9.53 Å². The summed E-state index contributed by atoms with van der Waals surface area (Å²) in [6, 6.07) is 9.12. The summed E-state index contributed by atoms with van der Waals surface area (Å²) in [5.74, 6) is -1.75. The number of anilines is 1. The molecule has 0 unspecified atom stereocenters. The second-order valence-corrected chi connectivity index (χ2v) is 6.32. The molecule has 162 valence electrons. The molecule has 3 rings (SSSR count). The summed E-state index contributed by atoms with van der Waals surface area (Å²) < 4.78 is 50.5. The molecule has 1 N–H and O–H groups in total. The van der Waals surface area contributed by atoms with E-state index in [4.69, 9.17) is 9.47 Å². The minimum absolute atomic E-state index is 0.0386. The van der Waals surface area contributed by atoms with Crippen LogP contribution < -0.4 is 9.75 Å². The Morgan fingerprint density at radius 3 is 2.45 bits per heavy atom. The molecule has 10 heteroatoms. The maximum atomic E-state index is 13.6. The minimum atomic E-state index is -4.89. The number of methoxy groups -OCH3 is 1. The Hall–Kier alpha value is -3.82. The van der Waals surface area contributed by atoms with Gasteiger partial charge in [0.15, 0.2) is 17.2 Å². The van der Waals surface area contributed by atoms with Crippen LogP contribution in [0.15, 0.2) is 53.1 Å². The highest BCUT2D eigenvalue weighted by atomic mass is 19.4. The fourth-order valence-corrected chi connectivity index (χ4v) is 2.83. The second kappa shape index (κ2) is 8.50. The number of alkyl halides is 3. The van der Waals surface area contributed by atoms with Gasteiger partial charge >= 0.3 is 12.1 Å². The van der Waals surface area contributed by atoms with Crippen LogP contribution in [0, 0.1) is 0 Å². The van der Waals surface area contributed by atoms with Crippen molar-refractivity contribution in [3.05, 3.63) is 59.2 Å². The topological polar surface area (TPSA) is 88.4 Å². The first-order valence-electron chi connectivity index (χ1n) is 9.02. The SMILES string of the molecule is CCOC(=O)c1ccc(N2N=C(C(F)(F)F)/C(=C/c3ccc(O)c(OC)c3)C2=O)cc1. The van der Waals surface area contributed by atoms with Crippen molar-refractivity contribution >= 4 is 29.4 Å². The smallest absolute Gasteiger partial charge is 0.435 e. The molecule has 31 heavy (non-hydrogen) atoms. The van der Waals surface area contributed by atoms with E-state index in [-0.39, 0.29) is 34.9 Å². The molecule has 0 atom stereocenters. The van der Waals surface area contributed by atoms with Gasteiger partial charge in [-0.3, -0.25) is 4.79 Å². The highest BCUT2D eigenvalue weighted by molar-refractivity contribution is 6.34. The molecule has 7 nitrogen and oxygen atoms in total. The molecule has 0 aliphatic carbocycles. The van der Waals surface area contributed by atoms with Crippen molar-refractivity contribution in [2.75, 3.05) is 18.7 Å². The van der Waals surface area contributed by atoms with Gasteiger partial charge in [-0.1, -0.05) is 6.07 Å². The first kappa shape index (κ1) is 21.9. The van der Waals surface area contributed by atoms with E-state index in [1.54, 1.807) is 6.92 Å². The molecule has 0 radical (unpaired) electrons. The third-order valence-electron chi connectivity index (χ3n) is 4.28. The van der Waals surface area contributed by atoms with Gasteiger partial charge < -0.3 is 14.6 Å². The number of carbonyl (C=O) groups is 2. The molecule has 1 heterocycles. The van der Waals surface area contributed by atoms with E-state index in [0.717, 1.165) is 6.08 Å². The van der Waals surface area contributed by atoms with Gasteiger partial charge in [0.05, 0.1) is 30.5 Å². The summed E-state index contributed by atoms with van der Waals surface area (Å²) in [5, 5.41) is 13.7. The quantitative estimate of drug-likeness (QED) is 0.569. The molecule has 0 saturated carbocycles. The van der Waals surface area contributed by atoms with Gasteiger partial charge in [-0.05, 0) is 55.0 Å². The maximum Gasteiger partial charge on any atom is 0.435 e. The van der Waals surface area contributed by atoms with Crippen molar-refractivity contribution in [3.63, 3.8) is 0 Å². The highest BCUT2D eigenvalue weighted by Crippen LogP contribution is 2.34. The number of nitrogens with zero attached hydrogens (tertiary/aromatic N) is 2. The Kier molecular flexibility index (Phi) is 6.00. The number of phenolic OH excluding ortho intramolecular Hbond substituents is 1. The molecule has 1 amide bonds. The summed E-state index contributed by atoms with van der Waals surface area (Å²) in [4.78, 5) is 24.5. The fourth-order valence-electron chi connectivity index (χ4n) is 2.83. The molecular weight excluding hydrogens is 417 g/mol. The van der Waals surface area contributed by atoms with Gasteiger partial charge in [0, 0.05) is 0 Å². The van der Waals surface area contributed by atoms with E-state index in [0.29, 0.717) is 5.01 Å².